The van der Waals surface area contributed by atoms with E-state index in [9.17, 15) is 4.39 Å². The Kier molecular flexibility index (Phi) is 4.04. The fraction of sp³-hybridized carbons (Fsp3) is 0.154. The Bertz CT molecular complexity index is 560. The number of hydrogen-bond donors (Lipinski definition) is 0. The molecule has 1 heterocycles. The molecule has 0 aliphatic carbocycles. The molecule has 5 heteroatoms. The van der Waals surface area contributed by atoms with Crippen molar-refractivity contribution in [1.29, 1.82) is 0 Å². The number of aromatic nitrogens is 1. The lowest BCUT2D eigenvalue weighted by atomic mass is 10.3. The first-order valence-corrected chi connectivity index (χ1v) is 6.23. The van der Waals surface area contributed by atoms with Gasteiger partial charge in [-0.2, -0.15) is 0 Å². The zero-order valence-corrected chi connectivity index (χ0v) is 11.2. The third-order valence-electron chi connectivity index (χ3n) is 2.57. The summed E-state index contributed by atoms with van der Waals surface area (Å²) in [5.74, 6) is 0.621. The maximum atomic E-state index is 13.2. The summed E-state index contributed by atoms with van der Waals surface area (Å²) in [7, 11) is 1.81. The van der Waals surface area contributed by atoms with E-state index in [1.54, 1.807) is 29.2 Å². The SMILES string of the molecule is CN(c1cccc(F)c1)c1ccc(Cl)c(CCl)n1. The fourth-order valence-electron chi connectivity index (χ4n) is 1.57. The summed E-state index contributed by atoms with van der Waals surface area (Å²) in [5, 5.41) is 0.529. The quantitative estimate of drug-likeness (QED) is 0.778. The van der Waals surface area contributed by atoms with Crippen LogP contribution in [0.25, 0.3) is 0 Å². The predicted octanol–water partition coefficient (Wildman–Crippen LogP) is 4.38. The van der Waals surface area contributed by atoms with E-state index in [1.807, 2.05) is 7.05 Å². The highest BCUT2D eigenvalue weighted by molar-refractivity contribution is 6.32. The number of alkyl halides is 1. The van der Waals surface area contributed by atoms with Crippen molar-refractivity contribution >= 4 is 34.7 Å². The first kappa shape index (κ1) is 13.1. The van der Waals surface area contributed by atoms with Gasteiger partial charge >= 0.3 is 0 Å². The van der Waals surface area contributed by atoms with E-state index in [4.69, 9.17) is 23.2 Å². The third-order valence-corrected chi connectivity index (χ3v) is 3.17. The standard InChI is InChI=1S/C13H11Cl2FN2/c1-18(10-4-2-3-9(16)7-10)13-6-5-11(15)12(8-14)17-13/h2-7H,8H2,1H3. The fourth-order valence-corrected chi connectivity index (χ4v) is 2.01. The van der Waals surface area contributed by atoms with E-state index in [2.05, 4.69) is 4.98 Å². The molecular formula is C13H11Cl2FN2. The first-order chi connectivity index (χ1) is 8.61. The number of benzene rings is 1. The Labute approximate surface area is 115 Å². The Balaban J connectivity index is 2.36. The Morgan fingerprint density at radius 1 is 1.28 bits per heavy atom. The predicted molar refractivity (Wildman–Crippen MR) is 73.3 cm³/mol. The van der Waals surface area contributed by atoms with Crippen molar-refractivity contribution in [2.45, 2.75) is 5.88 Å². The lowest BCUT2D eigenvalue weighted by Crippen LogP contribution is -2.12. The van der Waals surface area contributed by atoms with Gasteiger partial charge in [0.1, 0.15) is 11.6 Å². The number of rotatable bonds is 3. The highest BCUT2D eigenvalue weighted by atomic mass is 35.5. The summed E-state index contributed by atoms with van der Waals surface area (Å²) < 4.78 is 13.2. The van der Waals surface area contributed by atoms with Crippen LogP contribution in [0.5, 0.6) is 0 Å². The average molecular weight is 285 g/mol. The van der Waals surface area contributed by atoms with Crippen LogP contribution in [0.4, 0.5) is 15.9 Å². The summed E-state index contributed by atoms with van der Waals surface area (Å²) in [5.41, 5.74) is 1.32. The van der Waals surface area contributed by atoms with Gasteiger partial charge in [0.15, 0.2) is 0 Å². The first-order valence-electron chi connectivity index (χ1n) is 5.32. The van der Waals surface area contributed by atoms with Crippen LogP contribution in [0.2, 0.25) is 5.02 Å². The van der Waals surface area contributed by atoms with Crippen molar-refractivity contribution in [1.82, 2.24) is 4.98 Å². The van der Waals surface area contributed by atoms with Gasteiger partial charge in [-0.1, -0.05) is 17.7 Å². The molecule has 0 aliphatic heterocycles. The molecule has 0 radical (unpaired) electrons. The normalized spacial score (nSPS) is 10.4. The molecule has 0 atom stereocenters. The Morgan fingerprint density at radius 3 is 2.72 bits per heavy atom. The molecule has 0 fully saturated rings. The molecule has 1 aromatic heterocycles. The second-order valence-corrected chi connectivity index (χ2v) is 4.44. The van der Waals surface area contributed by atoms with Gasteiger partial charge in [-0.3, -0.25) is 0 Å². The second-order valence-electron chi connectivity index (χ2n) is 3.77. The second kappa shape index (κ2) is 5.55. The van der Waals surface area contributed by atoms with Gasteiger partial charge in [0.2, 0.25) is 0 Å². The largest absolute Gasteiger partial charge is 0.329 e. The number of anilines is 2. The van der Waals surface area contributed by atoms with Crippen molar-refractivity contribution in [3.63, 3.8) is 0 Å². The summed E-state index contributed by atoms with van der Waals surface area (Å²) in [6.07, 6.45) is 0. The van der Waals surface area contributed by atoms with Crippen LogP contribution < -0.4 is 4.90 Å². The molecule has 2 aromatic rings. The van der Waals surface area contributed by atoms with Gasteiger partial charge in [0.25, 0.3) is 0 Å². The number of hydrogen-bond acceptors (Lipinski definition) is 2. The minimum atomic E-state index is -0.286. The number of halogens is 3. The molecule has 0 spiro atoms. The third kappa shape index (κ3) is 2.74. The zero-order valence-electron chi connectivity index (χ0n) is 9.70. The van der Waals surface area contributed by atoms with Gasteiger partial charge < -0.3 is 4.90 Å². The maximum absolute atomic E-state index is 13.2. The van der Waals surface area contributed by atoms with Crippen LogP contribution >= 0.6 is 23.2 Å². The Hall–Kier alpha value is -1.32. The van der Waals surface area contributed by atoms with Crippen LogP contribution in [0.1, 0.15) is 5.69 Å². The molecule has 94 valence electrons. The van der Waals surface area contributed by atoms with Crippen molar-refractivity contribution in [2.24, 2.45) is 0 Å². The lowest BCUT2D eigenvalue weighted by molar-refractivity contribution is 0.628. The smallest absolute Gasteiger partial charge is 0.133 e. The van der Waals surface area contributed by atoms with Crippen molar-refractivity contribution in [3.8, 4) is 0 Å². The summed E-state index contributed by atoms with van der Waals surface area (Å²) in [6.45, 7) is 0. The highest BCUT2D eigenvalue weighted by Crippen LogP contribution is 2.25. The van der Waals surface area contributed by atoms with Crippen molar-refractivity contribution in [2.75, 3.05) is 11.9 Å². The topological polar surface area (TPSA) is 16.1 Å². The van der Waals surface area contributed by atoms with Crippen molar-refractivity contribution < 1.29 is 4.39 Å². The van der Waals surface area contributed by atoms with Crippen LogP contribution in [0, 0.1) is 5.82 Å². The molecule has 0 unspecified atom stereocenters. The van der Waals surface area contributed by atoms with E-state index in [0.717, 1.165) is 0 Å². The van der Waals surface area contributed by atoms with Crippen LogP contribution in [-0.2, 0) is 5.88 Å². The van der Waals surface area contributed by atoms with E-state index in [-0.39, 0.29) is 11.7 Å². The van der Waals surface area contributed by atoms with E-state index < -0.39 is 0 Å². The van der Waals surface area contributed by atoms with Crippen LogP contribution in [0.3, 0.4) is 0 Å². The van der Waals surface area contributed by atoms with E-state index in [1.165, 1.54) is 12.1 Å². The average Bonchev–Trinajstić information content (AvgIpc) is 2.38. The van der Waals surface area contributed by atoms with Gasteiger partial charge in [-0.15, -0.1) is 11.6 Å². The Morgan fingerprint density at radius 2 is 2.06 bits per heavy atom. The molecule has 0 amide bonds. The number of nitrogens with zero attached hydrogens (tertiary/aromatic N) is 2. The van der Waals surface area contributed by atoms with E-state index >= 15 is 0 Å². The summed E-state index contributed by atoms with van der Waals surface area (Å²) in [4.78, 5) is 6.11. The minimum absolute atomic E-state index is 0.240. The molecule has 18 heavy (non-hydrogen) atoms. The molecule has 0 saturated heterocycles. The molecule has 2 rings (SSSR count). The molecule has 0 aliphatic rings. The molecular weight excluding hydrogens is 274 g/mol. The zero-order chi connectivity index (χ0) is 13.1. The van der Waals surface area contributed by atoms with Gasteiger partial charge in [0.05, 0.1) is 16.6 Å². The van der Waals surface area contributed by atoms with Crippen molar-refractivity contribution in [3.05, 3.63) is 52.9 Å². The molecule has 0 saturated carbocycles. The lowest BCUT2D eigenvalue weighted by Gasteiger charge is -2.19. The van der Waals surface area contributed by atoms with Crippen LogP contribution in [-0.4, -0.2) is 12.0 Å². The number of pyridine rings is 1. The van der Waals surface area contributed by atoms with E-state index in [0.29, 0.717) is 22.2 Å². The van der Waals surface area contributed by atoms with Gasteiger partial charge in [-0.25, -0.2) is 9.37 Å². The van der Waals surface area contributed by atoms with Gasteiger partial charge in [-0.05, 0) is 30.3 Å². The summed E-state index contributed by atoms with van der Waals surface area (Å²) in [6, 6.07) is 9.80. The summed E-state index contributed by atoms with van der Waals surface area (Å²) >= 11 is 11.7. The van der Waals surface area contributed by atoms with Gasteiger partial charge in [0, 0.05) is 12.7 Å². The maximum Gasteiger partial charge on any atom is 0.133 e. The monoisotopic (exact) mass is 284 g/mol. The molecule has 0 N–H and O–H groups in total. The highest BCUT2D eigenvalue weighted by Gasteiger charge is 2.09. The molecule has 1 aromatic carbocycles. The molecule has 0 bridgehead atoms. The molecule has 2 nitrogen and oxygen atoms in total. The van der Waals surface area contributed by atoms with Crippen LogP contribution in [0.15, 0.2) is 36.4 Å². The minimum Gasteiger partial charge on any atom is -0.329 e.